The second-order valence-corrected chi connectivity index (χ2v) is 5.15. The Morgan fingerprint density at radius 3 is 2.67 bits per heavy atom. The number of methoxy groups -OCH3 is 1. The Labute approximate surface area is 127 Å². The van der Waals surface area contributed by atoms with Crippen molar-refractivity contribution in [3.8, 4) is 5.75 Å². The van der Waals surface area contributed by atoms with Crippen molar-refractivity contribution in [1.29, 1.82) is 0 Å². The molecule has 8 heteroatoms. The van der Waals surface area contributed by atoms with Gasteiger partial charge in [-0.2, -0.15) is 0 Å². The average molecular weight is 311 g/mol. The molecule has 114 valence electrons. The van der Waals surface area contributed by atoms with Crippen molar-refractivity contribution in [1.82, 2.24) is 5.32 Å². The van der Waals surface area contributed by atoms with Gasteiger partial charge in [0.25, 0.3) is 0 Å². The van der Waals surface area contributed by atoms with Crippen LogP contribution < -0.4 is 15.4 Å². The number of anilines is 1. The first kappa shape index (κ1) is 16.8. The second kappa shape index (κ2) is 7.53. The minimum atomic E-state index is -0.551. The van der Waals surface area contributed by atoms with Gasteiger partial charge in [0.1, 0.15) is 0 Å². The fourth-order valence-electron chi connectivity index (χ4n) is 1.62. The number of hydrogen-bond acceptors (Lipinski definition) is 5. The molecule has 0 bridgehead atoms. The molecule has 0 aromatic heterocycles. The zero-order chi connectivity index (χ0) is 16.0. The van der Waals surface area contributed by atoms with Crippen molar-refractivity contribution in [2.24, 2.45) is 5.92 Å². The molecule has 0 saturated heterocycles. The number of ether oxygens (including phenoxy) is 1. The maximum atomic E-state index is 11.6. The third-order valence-electron chi connectivity index (χ3n) is 2.48. The van der Waals surface area contributed by atoms with E-state index in [2.05, 4.69) is 10.6 Å². The Kier molecular flexibility index (Phi) is 6.04. The number of nitro benzene ring substituents is 1. The van der Waals surface area contributed by atoms with Crippen LogP contribution in [0.4, 0.5) is 11.4 Å². The van der Waals surface area contributed by atoms with Crippen LogP contribution in [-0.2, 0) is 4.79 Å². The number of carbonyl (C=O) groups is 1. The summed E-state index contributed by atoms with van der Waals surface area (Å²) in [4.78, 5) is 21.9. The normalized spacial score (nSPS) is 10.1. The Balaban J connectivity index is 2.75. The number of nitro groups is 1. The predicted octanol–water partition coefficient (Wildman–Crippen LogP) is 2.46. The number of thiocarbonyl (C=S) groups is 1. The summed E-state index contributed by atoms with van der Waals surface area (Å²) in [6.45, 7) is 3.84. The highest BCUT2D eigenvalue weighted by molar-refractivity contribution is 7.80. The van der Waals surface area contributed by atoms with Crippen molar-refractivity contribution in [3.63, 3.8) is 0 Å². The van der Waals surface area contributed by atoms with E-state index in [-0.39, 0.29) is 28.4 Å². The highest BCUT2D eigenvalue weighted by Gasteiger charge is 2.16. The molecule has 0 saturated carbocycles. The van der Waals surface area contributed by atoms with Gasteiger partial charge in [0, 0.05) is 18.2 Å². The lowest BCUT2D eigenvalue weighted by molar-refractivity contribution is -0.385. The summed E-state index contributed by atoms with van der Waals surface area (Å²) in [7, 11) is 1.35. The van der Waals surface area contributed by atoms with Crippen molar-refractivity contribution in [3.05, 3.63) is 28.3 Å². The van der Waals surface area contributed by atoms with Crippen LogP contribution in [-0.4, -0.2) is 23.1 Å². The first-order chi connectivity index (χ1) is 9.83. The molecule has 0 aliphatic heterocycles. The number of hydrogen-bond donors (Lipinski definition) is 2. The van der Waals surface area contributed by atoms with Crippen LogP contribution in [0, 0.1) is 16.0 Å². The van der Waals surface area contributed by atoms with Gasteiger partial charge >= 0.3 is 5.69 Å². The summed E-state index contributed by atoms with van der Waals surface area (Å²) in [6.07, 6.45) is 0.352. The minimum absolute atomic E-state index is 0.0973. The Hall–Kier alpha value is -2.22. The molecular formula is C13H17N3O4S. The zero-order valence-electron chi connectivity index (χ0n) is 12.0. The van der Waals surface area contributed by atoms with Crippen LogP contribution in [0.2, 0.25) is 0 Å². The first-order valence-electron chi connectivity index (χ1n) is 6.26. The molecule has 21 heavy (non-hydrogen) atoms. The molecule has 0 aliphatic carbocycles. The van der Waals surface area contributed by atoms with E-state index in [0.29, 0.717) is 12.1 Å². The van der Waals surface area contributed by atoms with E-state index in [0.717, 1.165) is 0 Å². The predicted molar refractivity (Wildman–Crippen MR) is 83.5 cm³/mol. The van der Waals surface area contributed by atoms with Gasteiger partial charge in [0.05, 0.1) is 12.0 Å². The molecule has 0 spiro atoms. The summed E-state index contributed by atoms with van der Waals surface area (Å²) in [5.41, 5.74) is 0.219. The minimum Gasteiger partial charge on any atom is -0.490 e. The average Bonchev–Trinajstić information content (AvgIpc) is 2.37. The molecule has 7 nitrogen and oxygen atoms in total. The van der Waals surface area contributed by atoms with Crippen molar-refractivity contribution < 1.29 is 14.5 Å². The van der Waals surface area contributed by atoms with E-state index < -0.39 is 4.92 Å². The van der Waals surface area contributed by atoms with E-state index in [1.165, 1.54) is 19.2 Å². The SMILES string of the molecule is COc1ccc(NC(=S)NC(=O)CC(C)C)cc1[N+](=O)[O-]. The molecule has 0 radical (unpaired) electrons. The second-order valence-electron chi connectivity index (χ2n) is 4.74. The van der Waals surface area contributed by atoms with Gasteiger partial charge in [-0.05, 0) is 30.3 Å². The topological polar surface area (TPSA) is 93.5 Å². The summed E-state index contributed by atoms with van der Waals surface area (Å²) in [5.74, 6) is 0.167. The summed E-state index contributed by atoms with van der Waals surface area (Å²) in [5, 5.41) is 16.3. The van der Waals surface area contributed by atoms with Crippen LogP contribution in [0.5, 0.6) is 5.75 Å². The van der Waals surface area contributed by atoms with E-state index >= 15 is 0 Å². The van der Waals surface area contributed by atoms with Gasteiger partial charge in [-0.1, -0.05) is 13.8 Å². The molecule has 0 fully saturated rings. The standard InChI is InChI=1S/C13H17N3O4S/c1-8(2)6-12(17)15-13(21)14-9-4-5-11(20-3)10(7-9)16(18)19/h4-5,7-8H,6H2,1-3H3,(H2,14,15,17,21). The van der Waals surface area contributed by atoms with Crippen LogP contribution in [0.3, 0.4) is 0 Å². The quantitative estimate of drug-likeness (QED) is 0.493. The van der Waals surface area contributed by atoms with Gasteiger partial charge in [-0.15, -0.1) is 0 Å². The molecule has 0 unspecified atom stereocenters. The molecule has 1 rings (SSSR count). The Bertz CT molecular complexity index is 560. The summed E-state index contributed by atoms with van der Waals surface area (Å²) in [6, 6.07) is 4.32. The molecular weight excluding hydrogens is 294 g/mol. The van der Waals surface area contributed by atoms with Crippen molar-refractivity contribution >= 4 is 34.6 Å². The van der Waals surface area contributed by atoms with Gasteiger partial charge in [-0.25, -0.2) is 0 Å². The molecule has 1 amide bonds. The van der Waals surface area contributed by atoms with Gasteiger partial charge < -0.3 is 15.4 Å². The van der Waals surface area contributed by atoms with Crippen molar-refractivity contribution in [2.45, 2.75) is 20.3 Å². The zero-order valence-corrected chi connectivity index (χ0v) is 12.8. The number of benzene rings is 1. The third kappa shape index (κ3) is 5.35. The van der Waals surface area contributed by atoms with Crippen LogP contribution >= 0.6 is 12.2 Å². The van der Waals surface area contributed by atoms with Crippen LogP contribution in [0.25, 0.3) is 0 Å². The number of nitrogens with zero attached hydrogens (tertiary/aromatic N) is 1. The van der Waals surface area contributed by atoms with E-state index in [4.69, 9.17) is 17.0 Å². The lowest BCUT2D eigenvalue weighted by Crippen LogP contribution is -2.34. The third-order valence-corrected chi connectivity index (χ3v) is 2.68. The first-order valence-corrected chi connectivity index (χ1v) is 6.67. The lowest BCUT2D eigenvalue weighted by Gasteiger charge is -2.11. The van der Waals surface area contributed by atoms with Crippen LogP contribution in [0.15, 0.2) is 18.2 Å². The number of carbonyl (C=O) groups excluding carboxylic acids is 1. The lowest BCUT2D eigenvalue weighted by atomic mass is 10.1. The van der Waals surface area contributed by atoms with Crippen LogP contribution in [0.1, 0.15) is 20.3 Å². The largest absolute Gasteiger partial charge is 0.490 e. The number of nitrogens with one attached hydrogen (secondary N) is 2. The molecule has 1 aromatic rings. The number of rotatable bonds is 5. The maximum absolute atomic E-state index is 11.6. The Morgan fingerprint density at radius 1 is 1.48 bits per heavy atom. The monoisotopic (exact) mass is 311 g/mol. The maximum Gasteiger partial charge on any atom is 0.312 e. The number of amides is 1. The van der Waals surface area contributed by atoms with E-state index in [1.807, 2.05) is 13.8 Å². The summed E-state index contributed by atoms with van der Waals surface area (Å²) >= 11 is 4.99. The fraction of sp³-hybridized carbons (Fsp3) is 0.385. The smallest absolute Gasteiger partial charge is 0.312 e. The highest BCUT2D eigenvalue weighted by atomic mass is 32.1. The fourth-order valence-corrected chi connectivity index (χ4v) is 1.85. The molecule has 0 heterocycles. The van der Waals surface area contributed by atoms with E-state index in [9.17, 15) is 14.9 Å². The summed E-state index contributed by atoms with van der Waals surface area (Å²) < 4.78 is 4.90. The highest BCUT2D eigenvalue weighted by Crippen LogP contribution is 2.29. The molecule has 0 aliphatic rings. The van der Waals surface area contributed by atoms with E-state index in [1.54, 1.807) is 6.07 Å². The Morgan fingerprint density at radius 2 is 2.14 bits per heavy atom. The molecule has 2 N–H and O–H groups in total. The molecule has 0 atom stereocenters. The van der Waals surface area contributed by atoms with Gasteiger partial charge in [-0.3, -0.25) is 14.9 Å². The molecule has 1 aromatic carbocycles. The van der Waals surface area contributed by atoms with Gasteiger partial charge in [0.15, 0.2) is 10.9 Å². The van der Waals surface area contributed by atoms with Crippen molar-refractivity contribution in [2.75, 3.05) is 12.4 Å². The van der Waals surface area contributed by atoms with Gasteiger partial charge in [0.2, 0.25) is 5.91 Å².